The summed E-state index contributed by atoms with van der Waals surface area (Å²) in [7, 11) is 0. The van der Waals surface area contributed by atoms with Gasteiger partial charge in [-0.3, -0.25) is 9.59 Å². The molecule has 0 radical (unpaired) electrons. The molecule has 3 N–H and O–H groups in total. The van der Waals surface area contributed by atoms with Crippen molar-refractivity contribution in [2.24, 2.45) is 5.92 Å². The molecular formula is C11H17NO5. The lowest BCUT2D eigenvalue weighted by Crippen LogP contribution is -2.40. The van der Waals surface area contributed by atoms with E-state index in [4.69, 9.17) is 10.2 Å². The fourth-order valence-corrected chi connectivity index (χ4v) is 1.02. The van der Waals surface area contributed by atoms with E-state index in [1.54, 1.807) is 6.08 Å². The molecule has 1 atom stereocenters. The van der Waals surface area contributed by atoms with Gasteiger partial charge in [-0.25, -0.2) is 4.79 Å². The Morgan fingerprint density at radius 1 is 1.24 bits per heavy atom. The van der Waals surface area contributed by atoms with Crippen molar-refractivity contribution in [1.82, 2.24) is 5.32 Å². The predicted octanol–water partition coefficient (Wildman–Crippen LogP) is 0.633. The highest BCUT2D eigenvalue weighted by Gasteiger charge is 2.19. The van der Waals surface area contributed by atoms with Crippen LogP contribution in [-0.4, -0.2) is 34.1 Å². The van der Waals surface area contributed by atoms with Gasteiger partial charge in [-0.1, -0.05) is 19.9 Å². The SMILES string of the molecule is CC(C)/C=C/C(=O)N[C@@H](CCC(=O)O)C(=O)O. The first kappa shape index (κ1) is 15.2. The molecule has 0 aliphatic carbocycles. The Balaban J connectivity index is 4.30. The van der Waals surface area contributed by atoms with Gasteiger partial charge >= 0.3 is 11.9 Å². The number of carbonyl (C=O) groups excluding carboxylic acids is 1. The van der Waals surface area contributed by atoms with Crippen molar-refractivity contribution in [3.63, 3.8) is 0 Å². The predicted molar refractivity (Wildman–Crippen MR) is 60.4 cm³/mol. The van der Waals surface area contributed by atoms with E-state index in [9.17, 15) is 14.4 Å². The molecule has 0 heterocycles. The first-order valence-electron chi connectivity index (χ1n) is 5.26. The fourth-order valence-electron chi connectivity index (χ4n) is 1.02. The lowest BCUT2D eigenvalue weighted by Gasteiger charge is -2.11. The summed E-state index contributed by atoms with van der Waals surface area (Å²) in [6.07, 6.45) is 2.45. The maximum Gasteiger partial charge on any atom is 0.326 e. The van der Waals surface area contributed by atoms with Gasteiger partial charge < -0.3 is 15.5 Å². The summed E-state index contributed by atoms with van der Waals surface area (Å²) in [6.45, 7) is 3.76. The van der Waals surface area contributed by atoms with E-state index < -0.39 is 23.9 Å². The number of allylic oxidation sites excluding steroid dienone is 1. The third kappa shape index (κ3) is 8.01. The first-order valence-corrected chi connectivity index (χ1v) is 5.26. The maximum absolute atomic E-state index is 11.3. The number of carboxylic acids is 2. The molecule has 96 valence electrons. The molecule has 0 aromatic rings. The second-order valence-corrected chi connectivity index (χ2v) is 3.93. The van der Waals surface area contributed by atoms with Crippen molar-refractivity contribution >= 4 is 17.8 Å². The minimum atomic E-state index is -1.24. The van der Waals surface area contributed by atoms with Crippen LogP contribution in [0.5, 0.6) is 0 Å². The first-order chi connectivity index (χ1) is 7.82. The van der Waals surface area contributed by atoms with Gasteiger partial charge in [0.05, 0.1) is 0 Å². The molecule has 0 aliphatic heterocycles. The van der Waals surface area contributed by atoms with Gasteiger partial charge in [0, 0.05) is 6.42 Å². The van der Waals surface area contributed by atoms with Crippen LogP contribution in [-0.2, 0) is 14.4 Å². The minimum Gasteiger partial charge on any atom is -0.481 e. The monoisotopic (exact) mass is 243 g/mol. The molecule has 1 amide bonds. The summed E-state index contributed by atoms with van der Waals surface area (Å²) < 4.78 is 0. The van der Waals surface area contributed by atoms with Crippen molar-refractivity contribution in [2.75, 3.05) is 0 Å². The Hall–Kier alpha value is -1.85. The van der Waals surface area contributed by atoms with E-state index in [1.807, 2.05) is 13.8 Å². The lowest BCUT2D eigenvalue weighted by molar-refractivity contribution is -0.142. The van der Waals surface area contributed by atoms with E-state index in [1.165, 1.54) is 6.08 Å². The summed E-state index contributed by atoms with van der Waals surface area (Å²) in [4.78, 5) is 32.4. The number of hydrogen-bond acceptors (Lipinski definition) is 3. The van der Waals surface area contributed by atoms with Crippen LogP contribution in [0.3, 0.4) is 0 Å². The van der Waals surface area contributed by atoms with E-state index in [2.05, 4.69) is 5.32 Å². The molecule has 0 aliphatic rings. The third-order valence-electron chi connectivity index (χ3n) is 1.89. The molecule has 0 saturated carbocycles. The Labute approximate surface area is 99.3 Å². The van der Waals surface area contributed by atoms with Crippen molar-refractivity contribution in [1.29, 1.82) is 0 Å². The standard InChI is InChI=1S/C11H17NO5/c1-7(2)3-5-9(13)12-8(11(16)17)4-6-10(14)15/h3,5,7-8H,4,6H2,1-2H3,(H,12,13)(H,14,15)(H,16,17)/b5-3+/t8-/m0/s1. The Bertz CT molecular complexity index is 322. The number of aliphatic carboxylic acids is 2. The van der Waals surface area contributed by atoms with Gasteiger partial charge in [-0.05, 0) is 18.4 Å². The quantitative estimate of drug-likeness (QED) is 0.569. The van der Waals surface area contributed by atoms with E-state index in [0.717, 1.165) is 0 Å². The number of carboxylic acid groups (broad SMARTS) is 2. The largest absolute Gasteiger partial charge is 0.481 e. The van der Waals surface area contributed by atoms with Crippen LogP contribution in [0.2, 0.25) is 0 Å². The molecular weight excluding hydrogens is 226 g/mol. The van der Waals surface area contributed by atoms with Crippen LogP contribution >= 0.6 is 0 Å². The van der Waals surface area contributed by atoms with Crippen molar-refractivity contribution in [2.45, 2.75) is 32.7 Å². The minimum absolute atomic E-state index is 0.133. The van der Waals surface area contributed by atoms with Crippen LogP contribution in [0, 0.1) is 5.92 Å². The number of nitrogens with one attached hydrogen (secondary N) is 1. The normalized spacial score (nSPS) is 12.6. The summed E-state index contributed by atoms with van der Waals surface area (Å²) in [6, 6.07) is -1.17. The zero-order valence-electron chi connectivity index (χ0n) is 9.84. The molecule has 0 aromatic carbocycles. The Morgan fingerprint density at radius 3 is 2.24 bits per heavy atom. The summed E-state index contributed by atoms with van der Waals surface area (Å²) in [5.74, 6) is -2.68. The molecule has 0 fully saturated rings. The van der Waals surface area contributed by atoms with E-state index in [0.29, 0.717) is 0 Å². The van der Waals surface area contributed by atoms with Crippen LogP contribution < -0.4 is 5.32 Å². The van der Waals surface area contributed by atoms with Crippen molar-refractivity contribution < 1.29 is 24.6 Å². The van der Waals surface area contributed by atoms with Crippen LogP contribution in [0.4, 0.5) is 0 Å². The summed E-state index contributed by atoms with van der Waals surface area (Å²) >= 11 is 0. The van der Waals surface area contributed by atoms with E-state index >= 15 is 0 Å². The third-order valence-corrected chi connectivity index (χ3v) is 1.89. The second kappa shape index (κ2) is 7.43. The molecule has 0 bridgehead atoms. The van der Waals surface area contributed by atoms with Gasteiger partial charge in [0.1, 0.15) is 6.04 Å². The van der Waals surface area contributed by atoms with Crippen LogP contribution in [0.1, 0.15) is 26.7 Å². The smallest absolute Gasteiger partial charge is 0.326 e. The Morgan fingerprint density at radius 2 is 1.82 bits per heavy atom. The number of amides is 1. The molecule has 0 rings (SSSR count). The van der Waals surface area contributed by atoms with Crippen molar-refractivity contribution in [3.8, 4) is 0 Å². The zero-order valence-corrected chi connectivity index (χ0v) is 9.84. The van der Waals surface area contributed by atoms with Crippen LogP contribution in [0.25, 0.3) is 0 Å². The second-order valence-electron chi connectivity index (χ2n) is 3.93. The highest BCUT2D eigenvalue weighted by atomic mass is 16.4. The Kier molecular flexibility index (Phi) is 6.62. The van der Waals surface area contributed by atoms with Gasteiger partial charge in [0.15, 0.2) is 0 Å². The van der Waals surface area contributed by atoms with Gasteiger partial charge in [0.2, 0.25) is 5.91 Å². The molecule has 0 aromatic heterocycles. The fraction of sp³-hybridized carbons (Fsp3) is 0.545. The summed E-state index contributed by atoms with van der Waals surface area (Å²) in [5, 5.41) is 19.5. The zero-order chi connectivity index (χ0) is 13.4. The van der Waals surface area contributed by atoms with Gasteiger partial charge in [-0.15, -0.1) is 0 Å². The van der Waals surface area contributed by atoms with Crippen molar-refractivity contribution in [3.05, 3.63) is 12.2 Å². The molecule has 0 spiro atoms. The summed E-state index contributed by atoms with van der Waals surface area (Å²) in [5.41, 5.74) is 0. The highest BCUT2D eigenvalue weighted by molar-refractivity contribution is 5.91. The number of hydrogen-bond donors (Lipinski definition) is 3. The van der Waals surface area contributed by atoms with E-state index in [-0.39, 0.29) is 18.8 Å². The van der Waals surface area contributed by atoms with Gasteiger partial charge in [-0.2, -0.15) is 0 Å². The lowest BCUT2D eigenvalue weighted by atomic mass is 10.1. The average molecular weight is 243 g/mol. The molecule has 0 unspecified atom stereocenters. The number of carbonyl (C=O) groups is 3. The molecule has 0 saturated heterocycles. The molecule has 17 heavy (non-hydrogen) atoms. The highest BCUT2D eigenvalue weighted by Crippen LogP contribution is 1.99. The number of rotatable bonds is 7. The molecule has 6 heteroatoms. The average Bonchev–Trinajstić information content (AvgIpc) is 2.20. The van der Waals surface area contributed by atoms with Gasteiger partial charge in [0.25, 0.3) is 0 Å². The van der Waals surface area contributed by atoms with Crippen LogP contribution in [0.15, 0.2) is 12.2 Å². The topological polar surface area (TPSA) is 104 Å². The molecule has 6 nitrogen and oxygen atoms in total. The maximum atomic E-state index is 11.3.